The van der Waals surface area contributed by atoms with Crippen LogP contribution in [0.25, 0.3) is 0 Å². The van der Waals surface area contributed by atoms with E-state index in [1.165, 1.54) is 5.56 Å². The zero-order valence-electron chi connectivity index (χ0n) is 16.1. The molecule has 1 aromatic heterocycles. The van der Waals surface area contributed by atoms with Crippen LogP contribution in [0.3, 0.4) is 0 Å². The molecule has 0 saturated carbocycles. The average Bonchev–Trinajstić information content (AvgIpc) is 3.19. The van der Waals surface area contributed by atoms with Crippen LogP contribution in [0.2, 0.25) is 0 Å². The number of hydrogen-bond acceptors (Lipinski definition) is 6. The van der Waals surface area contributed by atoms with E-state index < -0.39 is 0 Å². The molecule has 2 aromatic carbocycles. The Hall–Kier alpha value is -2.80. The zero-order chi connectivity index (χ0) is 19.6. The van der Waals surface area contributed by atoms with E-state index in [4.69, 9.17) is 9.47 Å². The summed E-state index contributed by atoms with van der Waals surface area (Å²) in [5, 5.41) is 13.3. The zero-order valence-corrected chi connectivity index (χ0v) is 16.9. The molecule has 1 heterocycles. The molecule has 0 N–H and O–H groups in total. The van der Waals surface area contributed by atoms with E-state index in [0.717, 1.165) is 35.1 Å². The number of hydrogen-bond donors (Lipinski definition) is 0. The minimum atomic E-state index is 0.684. The van der Waals surface area contributed by atoms with Crippen molar-refractivity contribution in [1.29, 1.82) is 0 Å². The second-order valence-corrected chi connectivity index (χ2v) is 7.03. The van der Waals surface area contributed by atoms with Crippen LogP contribution in [-0.4, -0.2) is 34.8 Å². The van der Waals surface area contributed by atoms with Crippen LogP contribution in [0, 0.1) is 0 Å². The molecular formula is C21H24N4O2S. The molecule has 0 aliphatic rings. The molecule has 3 aromatic rings. The maximum absolute atomic E-state index is 5.77. The van der Waals surface area contributed by atoms with Crippen LogP contribution in [0.1, 0.15) is 30.9 Å². The fraction of sp³-hybridized carbons (Fsp3) is 0.286. The van der Waals surface area contributed by atoms with Gasteiger partial charge < -0.3 is 9.47 Å². The molecule has 3 rings (SSSR count). The number of methoxy groups -OCH3 is 1. The normalized spacial score (nSPS) is 11.1. The Morgan fingerprint density at radius 1 is 1.14 bits per heavy atom. The summed E-state index contributed by atoms with van der Waals surface area (Å²) >= 11 is 1.59. The van der Waals surface area contributed by atoms with Gasteiger partial charge in [-0.05, 0) is 35.7 Å². The van der Waals surface area contributed by atoms with Gasteiger partial charge >= 0.3 is 0 Å². The summed E-state index contributed by atoms with van der Waals surface area (Å²) < 4.78 is 12.9. The lowest BCUT2D eigenvalue weighted by Gasteiger charge is -2.10. The molecule has 0 fully saturated rings. The Kier molecular flexibility index (Phi) is 7.49. The third kappa shape index (κ3) is 5.60. The summed E-state index contributed by atoms with van der Waals surface area (Å²) in [5.41, 5.74) is 2.14. The smallest absolute Gasteiger partial charge is 0.212 e. The van der Waals surface area contributed by atoms with Gasteiger partial charge in [0.05, 0.1) is 19.9 Å². The van der Waals surface area contributed by atoms with E-state index >= 15 is 0 Å². The monoisotopic (exact) mass is 396 g/mol. The first-order valence-electron chi connectivity index (χ1n) is 9.22. The maximum Gasteiger partial charge on any atom is 0.212 e. The van der Waals surface area contributed by atoms with Crippen molar-refractivity contribution in [3.63, 3.8) is 0 Å². The Balaban J connectivity index is 1.66. The number of unbranched alkanes of at least 4 members (excludes halogenated alkanes) is 1. The van der Waals surface area contributed by atoms with Crippen molar-refractivity contribution in [3.05, 3.63) is 66.0 Å². The van der Waals surface area contributed by atoms with Crippen molar-refractivity contribution < 1.29 is 9.47 Å². The molecule has 0 aliphatic heterocycles. The lowest BCUT2D eigenvalue weighted by atomic mass is 10.2. The Bertz CT molecular complexity index is 896. The van der Waals surface area contributed by atoms with Gasteiger partial charge in [0.1, 0.15) is 6.33 Å². The van der Waals surface area contributed by atoms with Crippen LogP contribution in [0.15, 0.2) is 65.1 Å². The molecule has 6 nitrogen and oxygen atoms in total. The van der Waals surface area contributed by atoms with Gasteiger partial charge in [0, 0.05) is 5.75 Å². The van der Waals surface area contributed by atoms with E-state index in [0.29, 0.717) is 12.4 Å². The van der Waals surface area contributed by atoms with Crippen LogP contribution in [-0.2, 0) is 5.75 Å². The predicted molar refractivity (Wildman–Crippen MR) is 112 cm³/mol. The Morgan fingerprint density at radius 3 is 2.79 bits per heavy atom. The number of ether oxygens (including phenoxy) is 2. The topological polar surface area (TPSA) is 61.5 Å². The quantitative estimate of drug-likeness (QED) is 0.284. The van der Waals surface area contributed by atoms with Gasteiger partial charge in [-0.25, -0.2) is 0 Å². The van der Waals surface area contributed by atoms with Crippen molar-refractivity contribution in [2.45, 2.75) is 30.7 Å². The van der Waals surface area contributed by atoms with Crippen molar-refractivity contribution in [2.75, 3.05) is 13.7 Å². The highest BCUT2D eigenvalue weighted by atomic mass is 32.2. The molecule has 0 spiro atoms. The molecule has 0 bridgehead atoms. The van der Waals surface area contributed by atoms with Gasteiger partial charge in [-0.3, -0.25) is 0 Å². The van der Waals surface area contributed by atoms with Crippen molar-refractivity contribution >= 4 is 18.0 Å². The molecule has 28 heavy (non-hydrogen) atoms. The number of thioether (sulfide) groups is 1. The Labute approximate surface area is 169 Å². The minimum Gasteiger partial charge on any atom is -0.493 e. The maximum atomic E-state index is 5.77. The number of aromatic nitrogens is 3. The summed E-state index contributed by atoms with van der Waals surface area (Å²) in [6.07, 6.45) is 5.47. The molecular weight excluding hydrogens is 372 g/mol. The lowest BCUT2D eigenvalue weighted by Crippen LogP contribution is -1.99. The highest BCUT2D eigenvalue weighted by Gasteiger charge is 2.07. The van der Waals surface area contributed by atoms with E-state index in [-0.39, 0.29) is 0 Å². The van der Waals surface area contributed by atoms with Gasteiger partial charge in [-0.15, -0.1) is 10.2 Å². The van der Waals surface area contributed by atoms with Crippen LogP contribution < -0.4 is 9.47 Å². The summed E-state index contributed by atoms with van der Waals surface area (Å²) in [6.45, 7) is 2.82. The van der Waals surface area contributed by atoms with Gasteiger partial charge in [0.2, 0.25) is 5.16 Å². The standard InChI is InChI=1S/C21H24N4O2S/c1-3-4-12-27-19-11-10-18(13-20(19)26-2)14-23-25-16-22-24-21(25)28-15-17-8-6-5-7-9-17/h5-11,13-14,16H,3-4,12,15H2,1-2H3/b23-14-. The summed E-state index contributed by atoms with van der Waals surface area (Å²) in [5.74, 6) is 2.26. The molecule has 146 valence electrons. The molecule has 0 atom stereocenters. The Morgan fingerprint density at radius 2 is 2.00 bits per heavy atom. The minimum absolute atomic E-state index is 0.684. The summed E-state index contributed by atoms with van der Waals surface area (Å²) in [4.78, 5) is 0. The first-order valence-corrected chi connectivity index (χ1v) is 10.2. The van der Waals surface area contributed by atoms with Gasteiger partial charge in [0.15, 0.2) is 11.5 Å². The van der Waals surface area contributed by atoms with E-state index in [9.17, 15) is 0 Å². The first kappa shape index (κ1) is 19.9. The SMILES string of the molecule is CCCCOc1ccc(/C=N\n2cnnc2SCc2ccccc2)cc1OC. The third-order valence-electron chi connectivity index (χ3n) is 3.99. The van der Waals surface area contributed by atoms with Crippen LogP contribution in [0.4, 0.5) is 0 Å². The number of benzene rings is 2. The van der Waals surface area contributed by atoms with Gasteiger partial charge in [0.25, 0.3) is 0 Å². The fourth-order valence-electron chi connectivity index (χ4n) is 2.45. The summed E-state index contributed by atoms with van der Waals surface area (Å²) in [6, 6.07) is 16.0. The summed E-state index contributed by atoms with van der Waals surface area (Å²) in [7, 11) is 1.64. The van der Waals surface area contributed by atoms with E-state index in [2.05, 4.69) is 34.4 Å². The molecule has 0 amide bonds. The van der Waals surface area contributed by atoms with Crippen LogP contribution >= 0.6 is 11.8 Å². The van der Waals surface area contributed by atoms with E-state index in [1.807, 2.05) is 36.4 Å². The largest absolute Gasteiger partial charge is 0.493 e. The molecule has 0 aliphatic carbocycles. The first-order chi connectivity index (χ1) is 13.8. The van der Waals surface area contributed by atoms with Crippen LogP contribution in [0.5, 0.6) is 11.5 Å². The predicted octanol–water partition coefficient (Wildman–Crippen LogP) is 4.64. The van der Waals surface area contributed by atoms with Crippen molar-refractivity contribution in [1.82, 2.24) is 14.9 Å². The van der Waals surface area contributed by atoms with E-state index in [1.54, 1.807) is 36.1 Å². The molecule has 0 saturated heterocycles. The molecule has 0 unspecified atom stereocenters. The van der Waals surface area contributed by atoms with Crippen molar-refractivity contribution in [2.24, 2.45) is 5.10 Å². The van der Waals surface area contributed by atoms with Gasteiger partial charge in [-0.1, -0.05) is 55.4 Å². The highest BCUT2D eigenvalue weighted by molar-refractivity contribution is 7.98. The number of rotatable bonds is 10. The molecule has 7 heteroatoms. The second-order valence-electron chi connectivity index (χ2n) is 6.09. The fourth-order valence-corrected chi connectivity index (χ4v) is 3.27. The van der Waals surface area contributed by atoms with Crippen molar-refractivity contribution in [3.8, 4) is 11.5 Å². The molecule has 0 radical (unpaired) electrons. The lowest BCUT2D eigenvalue weighted by molar-refractivity contribution is 0.288. The second kappa shape index (κ2) is 10.5. The van der Waals surface area contributed by atoms with Gasteiger partial charge in [-0.2, -0.15) is 9.78 Å². The number of nitrogens with zero attached hydrogens (tertiary/aromatic N) is 4. The highest BCUT2D eigenvalue weighted by Crippen LogP contribution is 2.28. The average molecular weight is 397 g/mol. The third-order valence-corrected chi connectivity index (χ3v) is 4.99.